The van der Waals surface area contributed by atoms with Crippen LogP contribution in [0.25, 0.3) is 0 Å². The number of benzene rings is 1. The van der Waals surface area contributed by atoms with Gasteiger partial charge in [0.1, 0.15) is 5.75 Å². The van der Waals surface area contributed by atoms with Crippen molar-refractivity contribution in [2.24, 2.45) is 5.92 Å². The van der Waals surface area contributed by atoms with Crippen LogP contribution in [0.5, 0.6) is 5.75 Å². The van der Waals surface area contributed by atoms with Crippen molar-refractivity contribution in [3.63, 3.8) is 0 Å². The van der Waals surface area contributed by atoms with Crippen molar-refractivity contribution in [3.05, 3.63) is 18.2 Å². The van der Waals surface area contributed by atoms with Gasteiger partial charge >= 0.3 is 0 Å². The second kappa shape index (κ2) is 5.46. The van der Waals surface area contributed by atoms with Crippen molar-refractivity contribution in [1.29, 1.82) is 0 Å². The molecule has 3 N–H and O–H groups in total. The standard InChI is InChI=1S/C12H18N2OS/c1-15-10-2-3-11(13)12(6-10)16-5-4-9-7-14-8-9/h2-3,6,9,14H,4-5,7-8,13H2,1H3. The number of nitrogens with one attached hydrogen (secondary N) is 1. The lowest BCUT2D eigenvalue weighted by Gasteiger charge is -2.26. The lowest BCUT2D eigenvalue weighted by Crippen LogP contribution is -2.42. The molecule has 1 aliphatic heterocycles. The summed E-state index contributed by atoms with van der Waals surface area (Å²) in [5, 5.41) is 3.29. The highest BCUT2D eigenvalue weighted by Gasteiger charge is 2.16. The van der Waals surface area contributed by atoms with Crippen LogP contribution >= 0.6 is 11.8 Å². The van der Waals surface area contributed by atoms with Crippen molar-refractivity contribution in [2.75, 3.05) is 31.7 Å². The Hall–Kier alpha value is -0.870. The predicted octanol–water partition coefficient (Wildman–Crippen LogP) is 1.98. The normalized spacial score (nSPS) is 15.8. The fourth-order valence-corrected chi connectivity index (χ4v) is 2.76. The molecule has 0 aromatic heterocycles. The van der Waals surface area contributed by atoms with E-state index in [4.69, 9.17) is 10.5 Å². The molecule has 1 aromatic carbocycles. The van der Waals surface area contributed by atoms with E-state index in [-0.39, 0.29) is 0 Å². The van der Waals surface area contributed by atoms with Crippen molar-refractivity contribution in [1.82, 2.24) is 5.32 Å². The number of ether oxygens (including phenoxy) is 1. The molecule has 0 bridgehead atoms. The van der Waals surface area contributed by atoms with Crippen molar-refractivity contribution in [3.8, 4) is 5.75 Å². The summed E-state index contributed by atoms with van der Waals surface area (Å²) in [6, 6.07) is 5.82. The minimum Gasteiger partial charge on any atom is -0.497 e. The van der Waals surface area contributed by atoms with Gasteiger partial charge in [-0.3, -0.25) is 0 Å². The largest absolute Gasteiger partial charge is 0.497 e. The summed E-state index contributed by atoms with van der Waals surface area (Å²) in [6.07, 6.45) is 1.26. The molecule has 1 aliphatic rings. The molecule has 1 fully saturated rings. The molecule has 0 spiro atoms. The molecular weight excluding hydrogens is 220 g/mol. The Kier molecular flexibility index (Phi) is 3.96. The Morgan fingerprint density at radius 2 is 2.31 bits per heavy atom. The van der Waals surface area contributed by atoms with E-state index in [1.807, 2.05) is 30.0 Å². The van der Waals surface area contributed by atoms with Crippen LogP contribution in [0, 0.1) is 5.92 Å². The number of hydrogen-bond donors (Lipinski definition) is 2. The molecule has 0 aliphatic carbocycles. The van der Waals surface area contributed by atoms with E-state index in [1.165, 1.54) is 19.5 Å². The number of anilines is 1. The number of nitrogen functional groups attached to an aromatic ring is 1. The maximum Gasteiger partial charge on any atom is 0.120 e. The molecule has 0 radical (unpaired) electrons. The first kappa shape index (κ1) is 11.6. The zero-order chi connectivity index (χ0) is 11.4. The number of hydrogen-bond acceptors (Lipinski definition) is 4. The molecular formula is C12H18N2OS. The second-order valence-electron chi connectivity index (χ2n) is 4.07. The van der Waals surface area contributed by atoms with Gasteiger partial charge in [-0.05, 0) is 49.4 Å². The van der Waals surface area contributed by atoms with Crippen LogP contribution in [0.2, 0.25) is 0 Å². The molecule has 4 heteroatoms. The molecule has 88 valence electrons. The SMILES string of the molecule is COc1ccc(N)c(SCCC2CNC2)c1. The summed E-state index contributed by atoms with van der Waals surface area (Å²) in [7, 11) is 1.68. The first-order valence-corrected chi connectivity index (χ1v) is 6.55. The molecule has 1 heterocycles. The summed E-state index contributed by atoms with van der Waals surface area (Å²) in [5.74, 6) is 2.87. The third-order valence-electron chi connectivity index (χ3n) is 2.87. The average Bonchev–Trinajstić information content (AvgIpc) is 2.24. The first-order chi connectivity index (χ1) is 7.79. The Balaban J connectivity index is 1.86. The van der Waals surface area contributed by atoms with Gasteiger partial charge in [-0.25, -0.2) is 0 Å². The van der Waals surface area contributed by atoms with Crippen LogP contribution in [0.15, 0.2) is 23.1 Å². The third-order valence-corrected chi connectivity index (χ3v) is 3.97. The summed E-state index contributed by atoms with van der Waals surface area (Å²) in [4.78, 5) is 1.13. The van der Waals surface area contributed by atoms with Gasteiger partial charge in [0.25, 0.3) is 0 Å². The Labute approximate surface area is 101 Å². The quantitative estimate of drug-likeness (QED) is 0.608. The van der Waals surface area contributed by atoms with Crippen LogP contribution in [0.4, 0.5) is 5.69 Å². The Bertz CT molecular complexity index is 353. The zero-order valence-electron chi connectivity index (χ0n) is 9.53. The van der Waals surface area contributed by atoms with Crippen molar-refractivity contribution < 1.29 is 4.74 Å². The summed E-state index contributed by atoms with van der Waals surface area (Å²) in [5.41, 5.74) is 6.76. The maximum absolute atomic E-state index is 5.92. The van der Waals surface area contributed by atoms with Crippen LogP contribution in [-0.2, 0) is 0 Å². The summed E-state index contributed by atoms with van der Waals surface area (Å²) >= 11 is 1.82. The lowest BCUT2D eigenvalue weighted by molar-refractivity contribution is 0.341. The molecule has 1 aromatic rings. The van der Waals surface area contributed by atoms with E-state index in [0.717, 1.165) is 28.0 Å². The van der Waals surface area contributed by atoms with Crippen LogP contribution in [0.1, 0.15) is 6.42 Å². The minimum absolute atomic E-state index is 0.845. The van der Waals surface area contributed by atoms with E-state index in [0.29, 0.717) is 0 Å². The molecule has 0 saturated carbocycles. The summed E-state index contributed by atoms with van der Waals surface area (Å²) < 4.78 is 5.19. The Morgan fingerprint density at radius 3 is 2.94 bits per heavy atom. The van der Waals surface area contributed by atoms with Crippen LogP contribution in [-0.4, -0.2) is 26.0 Å². The number of rotatable bonds is 5. The molecule has 0 atom stereocenters. The van der Waals surface area contributed by atoms with Crippen molar-refractivity contribution in [2.45, 2.75) is 11.3 Å². The van der Waals surface area contributed by atoms with Gasteiger partial charge in [-0.2, -0.15) is 0 Å². The van der Waals surface area contributed by atoms with Gasteiger partial charge in [0.05, 0.1) is 7.11 Å². The van der Waals surface area contributed by atoms with E-state index < -0.39 is 0 Å². The van der Waals surface area contributed by atoms with E-state index in [9.17, 15) is 0 Å². The highest BCUT2D eigenvalue weighted by molar-refractivity contribution is 7.99. The fourth-order valence-electron chi connectivity index (χ4n) is 1.65. The van der Waals surface area contributed by atoms with E-state index in [1.54, 1.807) is 7.11 Å². The number of nitrogens with two attached hydrogens (primary N) is 1. The minimum atomic E-state index is 0.845. The fraction of sp³-hybridized carbons (Fsp3) is 0.500. The second-order valence-corrected chi connectivity index (χ2v) is 5.20. The summed E-state index contributed by atoms with van der Waals surface area (Å²) in [6.45, 7) is 2.35. The monoisotopic (exact) mass is 238 g/mol. The average molecular weight is 238 g/mol. The van der Waals surface area contributed by atoms with E-state index in [2.05, 4.69) is 5.32 Å². The molecule has 0 amide bonds. The van der Waals surface area contributed by atoms with Crippen LogP contribution in [0.3, 0.4) is 0 Å². The molecule has 1 saturated heterocycles. The maximum atomic E-state index is 5.92. The van der Waals surface area contributed by atoms with Gasteiger partial charge < -0.3 is 15.8 Å². The molecule has 2 rings (SSSR count). The molecule has 0 unspecified atom stereocenters. The Morgan fingerprint density at radius 1 is 1.50 bits per heavy atom. The molecule has 16 heavy (non-hydrogen) atoms. The first-order valence-electron chi connectivity index (χ1n) is 5.56. The van der Waals surface area contributed by atoms with Gasteiger partial charge in [0.15, 0.2) is 0 Å². The topological polar surface area (TPSA) is 47.3 Å². The van der Waals surface area contributed by atoms with Gasteiger partial charge in [-0.1, -0.05) is 0 Å². The smallest absolute Gasteiger partial charge is 0.120 e. The number of methoxy groups -OCH3 is 1. The van der Waals surface area contributed by atoms with E-state index >= 15 is 0 Å². The number of thioether (sulfide) groups is 1. The van der Waals surface area contributed by atoms with Gasteiger partial charge in [-0.15, -0.1) is 11.8 Å². The molecule has 3 nitrogen and oxygen atoms in total. The van der Waals surface area contributed by atoms with Crippen LogP contribution < -0.4 is 15.8 Å². The van der Waals surface area contributed by atoms with Gasteiger partial charge in [0, 0.05) is 10.6 Å². The van der Waals surface area contributed by atoms with Crippen molar-refractivity contribution >= 4 is 17.4 Å². The zero-order valence-corrected chi connectivity index (χ0v) is 10.3. The highest BCUT2D eigenvalue weighted by Crippen LogP contribution is 2.30. The third kappa shape index (κ3) is 2.83. The van der Waals surface area contributed by atoms with Gasteiger partial charge in [0.2, 0.25) is 0 Å². The lowest BCUT2D eigenvalue weighted by atomic mass is 10.0. The predicted molar refractivity (Wildman–Crippen MR) is 69.1 cm³/mol. The highest BCUT2D eigenvalue weighted by atomic mass is 32.2.